The Hall–Kier alpha value is -3.50. The third-order valence-corrected chi connectivity index (χ3v) is 17.3. The molecular weight excluding hydrogens is 894 g/mol. The maximum atomic E-state index is 14.9. The summed E-state index contributed by atoms with van der Waals surface area (Å²) < 4.78 is 71.3. The number of alkyl halides is 3. The quantitative estimate of drug-likeness (QED) is 0.0796. The number of nitrogens with zero attached hydrogens (tertiary/aromatic N) is 3. The number of esters is 1. The molecule has 1 amide bonds. The van der Waals surface area contributed by atoms with E-state index in [4.69, 9.17) is 35.8 Å². The maximum Gasteiger partial charge on any atom is 0.401 e. The lowest BCUT2D eigenvalue weighted by Crippen LogP contribution is -2.45. The lowest BCUT2D eigenvalue weighted by molar-refractivity contribution is -0.154. The summed E-state index contributed by atoms with van der Waals surface area (Å²) in [5.41, 5.74) is 1.43. The largest absolute Gasteiger partial charge is 0.495 e. The number of carbonyl (C=O) groups excluding carboxylic acids is 3. The number of ether oxygens (including phenoxy) is 3. The minimum atomic E-state index is -4.49. The van der Waals surface area contributed by atoms with Crippen LogP contribution in [0.15, 0.2) is 23.6 Å². The fourth-order valence-electron chi connectivity index (χ4n) is 9.82. The Balaban J connectivity index is 1.21. The number of aromatic nitrogens is 2. The lowest BCUT2D eigenvalue weighted by atomic mass is 9.94. The Morgan fingerprint density at radius 2 is 1.75 bits per heavy atom. The van der Waals surface area contributed by atoms with Crippen molar-refractivity contribution in [2.45, 2.75) is 146 Å². The van der Waals surface area contributed by atoms with Crippen LogP contribution in [0.3, 0.4) is 0 Å². The molecule has 0 spiro atoms. The average molecular weight is 954 g/mol. The van der Waals surface area contributed by atoms with Crippen LogP contribution in [0, 0.1) is 11.8 Å². The number of methoxy groups -OCH3 is 1. The van der Waals surface area contributed by atoms with Crippen molar-refractivity contribution in [2.24, 2.45) is 11.8 Å². The third-order valence-electron chi connectivity index (χ3n) is 13.2. The third kappa shape index (κ3) is 11.5. The zero-order valence-electron chi connectivity index (χ0n) is 36.7. The van der Waals surface area contributed by atoms with Crippen molar-refractivity contribution in [3.05, 3.63) is 28.6 Å². The highest BCUT2D eigenvalue weighted by Crippen LogP contribution is 2.73. The zero-order chi connectivity index (χ0) is 45.8. The molecule has 0 radical (unpaired) electrons. The normalized spacial score (nSPS) is 25.9. The topological polar surface area (TPSA) is 169 Å². The zero-order valence-corrected chi connectivity index (χ0v) is 39.2. The minimum absolute atomic E-state index is 0.0137. The molecule has 2 saturated carbocycles. The summed E-state index contributed by atoms with van der Waals surface area (Å²) in [7, 11) is -2.69. The Morgan fingerprint density at radius 3 is 2.47 bits per heavy atom. The van der Waals surface area contributed by atoms with Gasteiger partial charge in [-0.25, -0.2) is 9.97 Å². The van der Waals surface area contributed by atoms with E-state index in [0.29, 0.717) is 64.6 Å². The fourth-order valence-corrected chi connectivity index (χ4v) is 13.5. The van der Waals surface area contributed by atoms with Crippen LogP contribution in [0.25, 0.3) is 22.3 Å². The molecule has 7 rings (SSSR count). The van der Waals surface area contributed by atoms with E-state index in [1.807, 2.05) is 19.2 Å². The first-order valence-electron chi connectivity index (χ1n) is 22.7. The van der Waals surface area contributed by atoms with E-state index in [1.165, 1.54) is 23.3 Å². The highest BCUT2D eigenvalue weighted by atomic mass is 35.5. The van der Waals surface area contributed by atoms with Crippen molar-refractivity contribution in [2.75, 3.05) is 38.2 Å². The fraction of sp³-hybridized carbons (Fsp3) is 0.667. The SMILES string of the molecule is COc1ccc2c(O[C@@H]3C[C@H]4C(=O)C[C@]5(P(=O)(O)CCNCC(F)(F)F)C[C@@H]5CCCCCCCC(CC(=O)OC5CCCC5)C(=O)N4C3)cc(-c3csc(NC(C)C)n3)nc2c1Cl. The van der Waals surface area contributed by atoms with Crippen LogP contribution in [0.2, 0.25) is 5.02 Å². The molecule has 13 nitrogen and oxygen atoms in total. The summed E-state index contributed by atoms with van der Waals surface area (Å²) in [6, 6.07) is 4.31. The molecule has 3 aromatic rings. The molecular formula is C45H60ClF3N5O8PS. The molecule has 4 aliphatic rings. The van der Waals surface area contributed by atoms with Crippen LogP contribution in [-0.2, 0) is 23.7 Å². The number of ketones is 1. The molecule has 3 N–H and O–H groups in total. The number of pyridine rings is 1. The molecule has 2 aliphatic carbocycles. The summed E-state index contributed by atoms with van der Waals surface area (Å²) in [5, 5.41) is 7.61. The maximum absolute atomic E-state index is 14.9. The molecule has 0 bridgehead atoms. The molecule has 2 aromatic heterocycles. The second kappa shape index (κ2) is 20.6. The Bertz CT molecular complexity index is 2210. The number of Topliss-reactive ketones (excluding diaryl/α,β-unsaturated/α-hetero) is 1. The van der Waals surface area contributed by atoms with Gasteiger partial charge in [-0.1, -0.05) is 43.7 Å². The van der Waals surface area contributed by atoms with Crippen molar-refractivity contribution in [1.82, 2.24) is 20.2 Å². The molecule has 2 unspecified atom stereocenters. The summed E-state index contributed by atoms with van der Waals surface area (Å²) in [6.07, 6.45) is 2.59. The highest BCUT2D eigenvalue weighted by Gasteiger charge is 2.65. The van der Waals surface area contributed by atoms with Crippen LogP contribution in [-0.4, -0.2) is 106 Å². The van der Waals surface area contributed by atoms with Crippen molar-refractivity contribution in [1.29, 1.82) is 0 Å². The number of nitrogens with one attached hydrogen (secondary N) is 2. The van der Waals surface area contributed by atoms with Gasteiger partial charge in [0.05, 0.1) is 49.0 Å². The number of rotatable bonds is 14. The number of anilines is 1. The van der Waals surface area contributed by atoms with E-state index in [-0.39, 0.29) is 61.3 Å². The Morgan fingerprint density at radius 1 is 1.03 bits per heavy atom. The highest BCUT2D eigenvalue weighted by molar-refractivity contribution is 7.60. The van der Waals surface area contributed by atoms with E-state index in [0.717, 1.165) is 51.4 Å². The number of amides is 1. The van der Waals surface area contributed by atoms with Crippen LogP contribution in [0.4, 0.5) is 18.3 Å². The van der Waals surface area contributed by atoms with Gasteiger partial charge >= 0.3 is 12.1 Å². The number of hydrogen-bond donors (Lipinski definition) is 3. The summed E-state index contributed by atoms with van der Waals surface area (Å²) in [5.74, 6) is -1.50. The summed E-state index contributed by atoms with van der Waals surface area (Å²) in [4.78, 5) is 65.9. The van der Waals surface area contributed by atoms with Gasteiger partial charge in [0.25, 0.3) is 0 Å². The van der Waals surface area contributed by atoms with E-state index < -0.39 is 61.2 Å². The van der Waals surface area contributed by atoms with Gasteiger partial charge in [-0.15, -0.1) is 11.3 Å². The average Bonchev–Trinajstić information content (AvgIpc) is 3.65. The first-order chi connectivity index (χ1) is 30.5. The van der Waals surface area contributed by atoms with E-state index in [2.05, 4.69) is 10.6 Å². The molecule has 2 saturated heterocycles. The Kier molecular flexibility index (Phi) is 15.6. The lowest BCUT2D eigenvalue weighted by Gasteiger charge is -2.30. The smallest absolute Gasteiger partial charge is 0.401 e. The number of benzene rings is 1. The van der Waals surface area contributed by atoms with Crippen molar-refractivity contribution < 1.29 is 51.2 Å². The molecule has 19 heteroatoms. The predicted octanol–water partition coefficient (Wildman–Crippen LogP) is 9.57. The number of halogens is 4. The molecule has 64 heavy (non-hydrogen) atoms. The van der Waals surface area contributed by atoms with Crippen molar-refractivity contribution in [3.8, 4) is 22.9 Å². The first-order valence-corrected chi connectivity index (χ1v) is 25.8. The molecule has 352 valence electrons. The number of hydrogen-bond acceptors (Lipinski definition) is 12. The van der Waals surface area contributed by atoms with Crippen molar-refractivity contribution in [3.63, 3.8) is 0 Å². The molecule has 4 heterocycles. The van der Waals surface area contributed by atoms with Crippen LogP contribution >= 0.6 is 30.3 Å². The van der Waals surface area contributed by atoms with E-state index >= 15 is 0 Å². The van der Waals surface area contributed by atoms with Gasteiger partial charge in [0, 0.05) is 54.3 Å². The first kappa shape index (κ1) is 48.4. The molecule has 2 aliphatic heterocycles. The molecule has 1 aromatic carbocycles. The molecule has 4 fully saturated rings. The van der Waals surface area contributed by atoms with Gasteiger partial charge in [-0.05, 0) is 76.8 Å². The Labute approximate surface area is 381 Å². The van der Waals surface area contributed by atoms with Gasteiger partial charge in [-0.2, -0.15) is 13.2 Å². The summed E-state index contributed by atoms with van der Waals surface area (Å²) in [6.45, 7) is 2.36. The van der Waals surface area contributed by atoms with Crippen molar-refractivity contribution >= 4 is 64.0 Å². The predicted molar refractivity (Wildman–Crippen MR) is 241 cm³/mol. The number of carbonyl (C=O) groups is 3. The molecule has 6 atom stereocenters. The van der Waals surface area contributed by atoms with E-state index in [1.54, 1.807) is 18.2 Å². The second-order valence-corrected chi connectivity index (χ2v) is 22.3. The van der Waals surface area contributed by atoms with Gasteiger partial charge < -0.3 is 34.6 Å². The van der Waals surface area contributed by atoms with Gasteiger partial charge in [0.2, 0.25) is 13.3 Å². The summed E-state index contributed by atoms with van der Waals surface area (Å²) >= 11 is 8.28. The second-order valence-electron chi connectivity index (χ2n) is 18.3. The van der Waals surface area contributed by atoms with Gasteiger partial charge in [0.15, 0.2) is 10.9 Å². The number of fused-ring (bicyclic) bond motifs is 3. The minimum Gasteiger partial charge on any atom is -0.495 e. The van der Waals surface area contributed by atoms with Gasteiger partial charge in [-0.3, -0.25) is 18.9 Å². The monoisotopic (exact) mass is 953 g/mol. The van der Waals surface area contributed by atoms with Crippen LogP contribution < -0.4 is 20.1 Å². The van der Waals surface area contributed by atoms with E-state index in [9.17, 15) is 37.0 Å². The standard InChI is InChI=1S/C45H60ClF3N5O8PS/c1-27(2)51-43-53-34(25-64-43)33-21-38(32-15-16-37(60-3)40(46)41(32)52-33)61-31-20-35-36(55)23-44(63(58,59)18-17-50-26-45(47,48)49)22-29(44)12-8-6-4-5-7-11-28(42(57)54(35)24-31)19-39(56)62-30-13-9-10-14-30/h15-16,21,25,27-31,35,50H,4-14,17-20,22-24,26H2,1-3H3,(H,51,53)(H,58,59)/t28?,29-,31+,35-,44+/m0/s1. The van der Waals surface area contributed by atoms with Gasteiger partial charge in [0.1, 0.15) is 34.4 Å². The number of thiazole rings is 1. The van der Waals surface area contributed by atoms with Crippen LogP contribution in [0.1, 0.15) is 110 Å². The van der Waals surface area contributed by atoms with Crippen LogP contribution in [0.5, 0.6) is 11.5 Å².